The third-order valence-electron chi connectivity index (χ3n) is 4.79. The van der Waals surface area contributed by atoms with E-state index in [4.69, 9.17) is 0 Å². The summed E-state index contributed by atoms with van der Waals surface area (Å²) in [5, 5.41) is 1.43. The summed E-state index contributed by atoms with van der Waals surface area (Å²) in [7, 11) is -3.15. The molecule has 1 unspecified atom stereocenters. The molecule has 2 aromatic rings. The quantitative estimate of drug-likeness (QED) is 0.830. The molecule has 2 nitrogen and oxygen atoms in total. The molecule has 3 rings (SSSR count). The fourth-order valence-electron chi connectivity index (χ4n) is 3.70. The van der Waals surface area contributed by atoms with Crippen molar-refractivity contribution in [3.63, 3.8) is 0 Å². The molecule has 0 aromatic heterocycles. The first-order valence-corrected chi connectivity index (χ1v) is 10.3. The van der Waals surface area contributed by atoms with E-state index in [-0.39, 0.29) is 11.4 Å². The van der Waals surface area contributed by atoms with E-state index in [1.54, 1.807) is 0 Å². The molecule has 0 spiro atoms. The lowest BCUT2D eigenvalue weighted by Gasteiger charge is -2.26. The van der Waals surface area contributed by atoms with Crippen LogP contribution in [0, 0.1) is 5.92 Å². The van der Waals surface area contributed by atoms with Crippen LogP contribution in [0.4, 0.5) is 0 Å². The molecule has 1 atom stereocenters. The lowest BCUT2D eigenvalue weighted by Crippen LogP contribution is -2.31. The van der Waals surface area contributed by atoms with E-state index >= 15 is 0 Å². The van der Waals surface area contributed by atoms with Crippen molar-refractivity contribution in [2.45, 2.75) is 27.2 Å². The Morgan fingerprint density at radius 1 is 0.960 bits per heavy atom. The molecule has 1 aliphatic rings. The SMILES string of the molecule is CC1=CC(C)=C(C(=O)[P+](O)(c2ccccc2)c2ccccc2)C(C)C1. The van der Waals surface area contributed by atoms with Crippen LogP contribution in [0.15, 0.2) is 83.5 Å². The van der Waals surface area contributed by atoms with Crippen molar-refractivity contribution in [1.29, 1.82) is 0 Å². The Morgan fingerprint density at radius 3 is 1.88 bits per heavy atom. The van der Waals surface area contributed by atoms with Gasteiger partial charge in [-0.05, 0) is 56.0 Å². The largest absolute Gasteiger partial charge is 0.334 e. The van der Waals surface area contributed by atoms with Crippen molar-refractivity contribution in [2.24, 2.45) is 5.92 Å². The van der Waals surface area contributed by atoms with Crippen molar-refractivity contribution >= 4 is 23.6 Å². The highest BCUT2D eigenvalue weighted by atomic mass is 31.2. The number of carbonyl (C=O) groups excluding carboxylic acids is 1. The fraction of sp³-hybridized carbons (Fsp3) is 0.227. The molecule has 1 aliphatic carbocycles. The summed E-state index contributed by atoms with van der Waals surface area (Å²) >= 11 is 0. The Hall–Kier alpha value is -2.02. The average molecular weight is 351 g/mol. The van der Waals surface area contributed by atoms with Gasteiger partial charge in [-0.1, -0.05) is 55.0 Å². The van der Waals surface area contributed by atoms with Crippen LogP contribution in [0.2, 0.25) is 0 Å². The van der Waals surface area contributed by atoms with Crippen molar-refractivity contribution in [2.75, 3.05) is 0 Å². The first kappa shape index (κ1) is 17.8. The number of rotatable bonds is 4. The summed E-state index contributed by atoms with van der Waals surface area (Å²) in [4.78, 5) is 25.4. The molecule has 0 amide bonds. The van der Waals surface area contributed by atoms with E-state index in [1.807, 2.05) is 67.6 Å². The van der Waals surface area contributed by atoms with Gasteiger partial charge in [0.05, 0.1) is 0 Å². The smallest absolute Gasteiger partial charge is 0.244 e. The van der Waals surface area contributed by atoms with Crippen LogP contribution in [0.3, 0.4) is 0 Å². The van der Waals surface area contributed by atoms with E-state index < -0.39 is 7.49 Å². The van der Waals surface area contributed by atoms with E-state index in [9.17, 15) is 9.69 Å². The Kier molecular flexibility index (Phi) is 5.03. The second-order valence-corrected chi connectivity index (χ2v) is 9.51. The number of carbonyl (C=O) groups is 1. The predicted octanol–water partition coefficient (Wildman–Crippen LogP) is 4.39. The molecule has 1 N–H and O–H groups in total. The monoisotopic (exact) mass is 351 g/mol. The molecule has 0 bridgehead atoms. The van der Waals surface area contributed by atoms with Gasteiger partial charge < -0.3 is 0 Å². The van der Waals surface area contributed by atoms with Crippen LogP contribution in [0.5, 0.6) is 0 Å². The molecular formula is C22H24O2P+. The summed E-state index contributed by atoms with van der Waals surface area (Å²) in [6, 6.07) is 18.8. The normalized spacial score (nSPS) is 18.1. The highest BCUT2D eigenvalue weighted by Crippen LogP contribution is 2.56. The Balaban J connectivity index is 2.20. The summed E-state index contributed by atoms with van der Waals surface area (Å²) in [5.74, 6) is 0.122. The van der Waals surface area contributed by atoms with Crippen molar-refractivity contribution < 1.29 is 9.69 Å². The summed E-state index contributed by atoms with van der Waals surface area (Å²) < 4.78 is 0. The summed E-state index contributed by atoms with van der Waals surface area (Å²) in [5.41, 5.74) is 2.92. The van der Waals surface area contributed by atoms with Crippen molar-refractivity contribution in [3.05, 3.63) is 83.5 Å². The second-order valence-electron chi connectivity index (χ2n) is 6.80. The van der Waals surface area contributed by atoms with Gasteiger partial charge in [0.25, 0.3) is 7.49 Å². The lowest BCUT2D eigenvalue weighted by atomic mass is 9.86. The fourth-order valence-corrected chi connectivity index (χ4v) is 6.42. The molecule has 0 heterocycles. The molecule has 0 saturated heterocycles. The van der Waals surface area contributed by atoms with Crippen LogP contribution in [0.1, 0.15) is 27.2 Å². The van der Waals surface area contributed by atoms with Crippen LogP contribution in [0.25, 0.3) is 0 Å². The maximum Gasteiger partial charge on any atom is 0.334 e. The first-order valence-electron chi connectivity index (χ1n) is 8.60. The molecule has 25 heavy (non-hydrogen) atoms. The maximum atomic E-state index is 13.7. The molecule has 0 saturated carbocycles. The third kappa shape index (κ3) is 3.25. The number of hydrogen-bond acceptors (Lipinski definition) is 2. The third-order valence-corrected chi connectivity index (χ3v) is 7.71. The zero-order valence-corrected chi connectivity index (χ0v) is 15.8. The van der Waals surface area contributed by atoms with Crippen LogP contribution < -0.4 is 10.6 Å². The van der Waals surface area contributed by atoms with Gasteiger partial charge in [0.1, 0.15) is 10.6 Å². The van der Waals surface area contributed by atoms with E-state index in [2.05, 4.69) is 19.9 Å². The highest BCUT2D eigenvalue weighted by molar-refractivity contribution is 7.98. The number of allylic oxidation sites excluding steroid dienone is 4. The van der Waals surface area contributed by atoms with E-state index in [0.717, 1.165) is 17.6 Å². The first-order chi connectivity index (χ1) is 11.9. The lowest BCUT2D eigenvalue weighted by molar-refractivity contribution is -0.109. The van der Waals surface area contributed by atoms with Crippen molar-refractivity contribution in [3.8, 4) is 0 Å². The van der Waals surface area contributed by atoms with E-state index in [1.165, 1.54) is 5.57 Å². The van der Waals surface area contributed by atoms with E-state index in [0.29, 0.717) is 10.6 Å². The topological polar surface area (TPSA) is 37.3 Å². The molecular weight excluding hydrogens is 327 g/mol. The Morgan fingerprint density at radius 2 is 1.44 bits per heavy atom. The zero-order chi connectivity index (χ0) is 18.0. The van der Waals surface area contributed by atoms with Gasteiger partial charge >= 0.3 is 5.52 Å². The minimum absolute atomic E-state index is 0.112. The van der Waals surface area contributed by atoms with Gasteiger partial charge in [-0.2, -0.15) is 0 Å². The molecule has 0 fully saturated rings. The molecule has 3 heteroatoms. The van der Waals surface area contributed by atoms with Crippen LogP contribution in [-0.4, -0.2) is 10.4 Å². The van der Waals surface area contributed by atoms with Gasteiger partial charge in [0, 0.05) is 5.57 Å². The van der Waals surface area contributed by atoms with Gasteiger partial charge in [-0.25, -0.2) is 9.69 Å². The standard InChI is InChI=1S/C22H24O2P/c1-16-14-17(2)21(18(3)15-16)22(23)25(24,19-10-6-4-7-11-19)20-12-8-5-9-13-20/h4-14,18,24H,15H2,1-3H3/q+1. The second kappa shape index (κ2) is 7.07. The highest BCUT2D eigenvalue weighted by Gasteiger charge is 2.52. The summed E-state index contributed by atoms with van der Waals surface area (Å²) in [6.07, 6.45) is 2.94. The average Bonchev–Trinajstić information content (AvgIpc) is 2.61. The van der Waals surface area contributed by atoms with Gasteiger partial charge in [0.15, 0.2) is 0 Å². The minimum atomic E-state index is -3.15. The molecule has 128 valence electrons. The predicted molar refractivity (Wildman–Crippen MR) is 107 cm³/mol. The number of benzene rings is 2. The van der Waals surface area contributed by atoms with Crippen LogP contribution >= 0.6 is 7.49 Å². The van der Waals surface area contributed by atoms with Crippen LogP contribution in [-0.2, 0) is 4.79 Å². The zero-order valence-electron chi connectivity index (χ0n) is 14.9. The number of hydrogen-bond donors (Lipinski definition) is 1. The molecule has 2 aromatic carbocycles. The summed E-state index contributed by atoms with van der Waals surface area (Å²) in [6.45, 7) is 6.15. The molecule has 0 aliphatic heterocycles. The van der Waals surface area contributed by atoms with Gasteiger partial charge in [-0.3, -0.25) is 0 Å². The minimum Gasteiger partial charge on any atom is -0.244 e. The van der Waals surface area contributed by atoms with Gasteiger partial charge in [0.2, 0.25) is 0 Å². The van der Waals surface area contributed by atoms with Crippen molar-refractivity contribution in [1.82, 2.24) is 0 Å². The van der Waals surface area contributed by atoms with Gasteiger partial charge in [-0.15, -0.1) is 0 Å². The Labute approximate surface area is 150 Å². The maximum absolute atomic E-state index is 13.7. The Bertz CT molecular complexity index is 795. The molecule has 0 radical (unpaired) electrons.